The van der Waals surface area contributed by atoms with E-state index in [9.17, 15) is 0 Å². The lowest BCUT2D eigenvalue weighted by Gasteiger charge is -2.41. The molecule has 2 saturated heterocycles. The van der Waals surface area contributed by atoms with Gasteiger partial charge in [-0.25, -0.2) is 0 Å². The molecule has 3 nitrogen and oxygen atoms in total. The minimum Gasteiger partial charge on any atom is -0.378 e. The van der Waals surface area contributed by atoms with E-state index in [4.69, 9.17) is 4.74 Å². The average Bonchev–Trinajstić information content (AvgIpc) is 3.38. The summed E-state index contributed by atoms with van der Waals surface area (Å²) in [6.45, 7) is 4.89. The number of nitrogens with one attached hydrogen (secondary N) is 1. The molecule has 0 aromatic heterocycles. The fourth-order valence-electron chi connectivity index (χ4n) is 4.27. The van der Waals surface area contributed by atoms with Gasteiger partial charge in [-0.3, -0.25) is 4.90 Å². The summed E-state index contributed by atoms with van der Waals surface area (Å²) in [5.41, 5.74) is 0. The summed E-state index contributed by atoms with van der Waals surface area (Å²) in [4.78, 5) is 2.84. The molecule has 0 amide bonds. The number of nitrogens with zero attached hydrogens (tertiary/aromatic N) is 1. The lowest BCUT2D eigenvalue weighted by molar-refractivity contribution is 0.0809. The molecule has 2 saturated carbocycles. The second kappa shape index (κ2) is 5.94. The Labute approximate surface area is 123 Å². The highest BCUT2D eigenvalue weighted by molar-refractivity contribution is 4.99. The van der Waals surface area contributed by atoms with Gasteiger partial charge in [0.05, 0.1) is 6.10 Å². The predicted octanol–water partition coefficient (Wildman–Crippen LogP) is 2.41. The molecule has 2 aliphatic carbocycles. The summed E-state index contributed by atoms with van der Waals surface area (Å²) >= 11 is 0. The maximum atomic E-state index is 5.77. The van der Waals surface area contributed by atoms with Gasteiger partial charge in [0.1, 0.15) is 0 Å². The number of hydrogen-bond acceptors (Lipinski definition) is 3. The van der Waals surface area contributed by atoms with E-state index in [1.165, 1.54) is 71.0 Å². The Balaban J connectivity index is 1.27. The van der Waals surface area contributed by atoms with Crippen LogP contribution in [-0.2, 0) is 4.74 Å². The summed E-state index contributed by atoms with van der Waals surface area (Å²) in [6.07, 6.45) is 11.7. The minimum atomic E-state index is 0.580. The van der Waals surface area contributed by atoms with Gasteiger partial charge in [0.25, 0.3) is 0 Å². The van der Waals surface area contributed by atoms with Crippen LogP contribution in [0.25, 0.3) is 0 Å². The third-order valence-corrected chi connectivity index (χ3v) is 5.84. The van der Waals surface area contributed by atoms with Gasteiger partial charge in [0.15, 0.2) is 0 Å². The van der Waals surface area contributed by atoms with Crippen molar-refractivity contribution in [2.24, 2.45) is 11.8 Å². The van der Waals surface area contributed by atoms with E-state index >= 15 is 0 Å². The fourth-order valence-corrected chi connectivity index (χ4v) is 4.27. The van der Waals surface area contributed by atoms with Crippen molar-refractivity contribution in [2.45, 2.75) is 69.6 Å². The van der Waals surface area contributed by atoms with Crippen molar-refractivity contribution in [1.82, 2.24) is 10.2 Å². The molecule has 0 bridgehead atoms. The zero-order valence-corrected chi connectivity index (χ0v) is 12.7. The second-order valence-corrected chi connectivity index (χ2v) is 7.53. The highest BCUT2D eigenvalue weighted by Gasteiger charge is 2.42. The lowest BCUT2D eigenvalue weighted by atomic mass is 10.0. The topological polar surface area (TPSA) is 24.5 Å². The van der Waals surface area contributed by atoms with E-state index in [0.717, 1.165) is 30.5 Å². The average molecular weight is 278 g/mol. The van der Waals surface area contributed by atoms with E-state index in [2.05, 4.69) is 10.2 Å². The highest BCUT2D eigenvalue weighted by atomic mass is 16.5. The van der Waals surface area contributed by atoms with Gasteiger partial charge in [0, 0.05) is 31.8 Å². The largest absolute Gasteiger partial charge is 0.378 e. The first kappa shape index (κ1) is 13.5. The molecule has 3 heteroatoms. The van der Waals surface area contributed by atoms with Gasteiger partial charge < -0.3 is 10.1 Å². The maximum Gasteiger partial charge on any atom is 0.0576 e. The van der Waals surface area contributed by atoms with Crippen molar-refractivity contribution in [1.29, 1.82) is 0 Å². The van der Waals surface area contributed by atoms with Crippen molar-refractivity contribution in [3.05, 3.63) is 0 Å². The Hall–Kier alpha value is -0.120. The van der Waals surface area contributed by atoms with Crippen LogP contribution in [0, 0.1) is 11.8 Å². The molecule has 0 radical (unpaired) electrons. The molecule has 0 aromatic carbocycles. The lowest BCUT2D eigenvalue weighted by Crippen LogP contribution is -2.58. The van der Waals surface area contributed by atoms with Crippen LogP contribution in [0.1, 0.15) is 51.4 Å². The van der Waals surface area contributed by atoms with Gasteiger partial charge in [0.2, 0.25) is 0 Å². The second-order valence-electron chi connectivity index (χ2n) is 7.53. The molecule has 3 atom stereocenters. The van der Waals surface area contributed by atoms with Crippen LogP contribution in [0.3, 0.4) is 0 Å². The smallest absolute Gasteiger partial charge is 0.0576 e. The molecule has 2 heterocycles. The fraction of sp³-hybridized carbons (Fsp3) is 1.00. The Morgan fingerprint density at radius 1 is 1.05 bits per heavy atom. The summed E-state index contributed by atoms with van der Waals surface area (Å²) in [6, 6.07) is 1.64. The highest BCUT2D eigenvalue weighted by Crippen LogP contribution is 2.39. The quantitative estimate of drug-likeness (QED) is 0.807. The number of ether oxygens (including phenoxy) is 1. The standard InChI is InChI=1S/C17H30N2O/c1(3-15-4-2-10-20-15)9-19-12-16(13-5-6-13)18-11-17(19)14-7-8-14/h13-18H,1-12H2. The van der Waals surface area contributed by atoms with Crippen LogP contribution < -0.4 is 5.32 Å². The van der Waals surface area contributed by atoms with Gasteiger partial charge >= 0.3 is 0 Å². The molecule has 20 heavy (non-hydrogen) atoms. The van der Waals surface area contributed by atoms with Crippen LogP contribution in [0.15, 0.2) is 0 Å². The first-order chi connectivity index (χ1) is 9.90. The molecular formula is C17H30N2O. The van der Waals surface area contributed by atoms with Crippen LogP contribution in [0.4, 0.5) is 0 Å². The first-order valence-corrected chi connectivity index (χ1v) is 8.99. The molecule has 114 valence electrons. The summed E-state index contributed by atoms with van der Waals surface area (Å²) in [5, 5.41) is 3.85. The van der Waals surface area contributed by atoms with Gasteiger partial charge in [-0.2, -0.15) is 0 Å². The molecule has 2 aliphatic heterocycles. The Bertz CT molecular complexity index is 321. The maximum absolute atomic E-state index is 5.77. The van der Waals surface area contributed by atoms with E-state index in [1.807, 2.05) is 0 Å². The van der Waals surface area contributed by atoms with Crippen LogP contribution >= 0.6 is 0 Å². The van der Waals surface area contributed by atoms with Gasteiger partial charge in [-0.1, -0.05) is 0 Å². The third kappa shape index (κ3) is 3.20. The van der Waals surface area contributed by atoms with Crippen molar-refractivity contribution >= 4 is 0 Å². The SMILES string of the molecule is C1COC(CCCN2CC(C3CC3)NCC2C2CC2)C1. The van der Waals surface area contributed by atoms with E-state index < -0.39 is 0 Å². The predicted molar refractivity (Wildman–Crippen MR) is 80.8 cm³/mol. The Morgan fingerprint density at radius 3 is 2.60 bits per heavy atom. The Kier molecular flexibility index (Phi) is 4.02. The first-order valence-electron chi connectivity index (χ1n) is 8.99. The zero-order chi connectivity index (χ0) is 13.4. The summed E-state index contributed by atoms with van der Waals surface area (Å²) < 4.78 is 5.77. The summed E-state index contributed by atoms with van der Waals surface area (Å²) in [5.74, 6) is 2.00. The molecular weight excluding hydrogens is 248 g/mol. The number of rotatable bonds is 6. The van der Waals surface area contributed by atoms with E-state index in [1.54, 1.807) is 0 Å². The number of piperazine rings is 1. The molecule has 3 unspecified atom stereocenters. The minimum absolute atomic E-state index is 0.580. The van der Waals surface area contributed by atoms with Crippen LogP contribution in [0.2, 0.25) is 0 Å². The molecule has 4 rings (SSSR count). The zero-order valence-electron chi connectivity index (χ0n) is 12.7. The molecule has 4 aliphatic rings. The van der Waals surface area contributed by atoms with Crippen molar-refractivity contribution in [3.63, 3.8) is 0 Å². The third-order valence-electron chi connectivity index (χ3n) is 5.84. The van der Waals surface area contributed by atoms with Crippen molar-refractivity contribution in [2.75, 3.05) is 26.2 Å². The van der Waals surface area contributed by atoms with E-state index in [-0.39, 0.29) is 0 Å². The van der Waals surface area contributed by atoms with Crippen LogP contribution in [0.5, 0.6) is 0 Å². The molecule has 1 N–H and O–H groups in total. The van der Waals surface area contributed by atoms with Crippen molar-refractivity contribution < 1.29 is 4.74 Å². The van der Waals surface area contributed by atoms with Gasteiger partial charge in [-0.05, 0) is 69.7 Å². The normalized spacial score (nSPS) is 39.3. The van der Waals surface area contributed by atoms with Crippen LogP contribution in [-0.4, -0.2) is 49.3 Å². The molecule has 0 spiro atoms. The summed E-state index contributed by atoms with van der Waals surface area (Å²) in [7, 11) is 0. The molecule has 4 fully saturated rings. The van der Waals surface area contributed by atoms with E-state index in [0.29, 0.717) is 6.10 Å². The monoisotopic (exact) mass is 278 g/mol. The molecule has 0 aromatic rings. The van der Waals surface area contributed by atoms with Gasteiger partial charge in [-0.15, -0.1) is 0 Å². The Morgan fingerprint density at radius 2 is 1.90 bits per heavy atom. The number of hydrogen-bond donors (Lipinski definition) is 1. The van der Waals surface area contributed by atoms with Crippen molar-refractivity contribution in [3.8, 4) is 0 Å².